The van der Waals surface area contributed by atoms with E-state index < -0.39 is 60.4 Å². The first kappa shape index (κ1) is 40.4. The topological polar surface area (TPSA) is 179 Å². The third-order valence-electron chi connectivity index (χ3n) is 9.24. The standard InChI is InChI=1S/C42H37Cl2N5O8/c43-28-14-9-15-29(44)39(28)34-23-45-41(57-34)40(55)30(22-38(53)54)46-36(51)25-49-33-17-8-7-16-32(33)48(37(52)21-19-27-12-5-2-6-13-27)24-31(42(49)56)47-35(50)20-18-26-10-3-1-4-11-26/h1-17,23,30-31H,18-22,24-25H2,(H,46,51)(H,47,50)(H,53,54)/t30-,31?/m0/s1. The predicted molar refractivity (Wildman–Crippen MR) is 213 cm³/mol. The van der Waals surface area contributed by atoms with E-state index in [0.717, 1.165) is 16.0 Å². The molecule has 0 saturated carbocycles. The Bertz CT molecular complexity index is 2260. The van der Waals surface area contributed by atoms with Gasteiger partial charge in [-0.2, -0.15) is 0 Å². The van der Waals surface area contributed by atoms with Gasteiger partial charge in [-0.25, -0.2) is 4.98 Å². The van der Waals surface area contributed by atoms with Crippen LogP contribution in [0.25, 0.3) is 11.3 Å². The largest absolute Gasteiger partial charge is 0.481 e. The lowest BCUT2D eigenvalue weighted by Gasteiger charge is -2.26. The molecule has 15 heteroatoms. The van der Waals surface area contributed by atoms with E-state index in [4.69, 9.17) is 27.6 Å². The summed E-state index contributed by atoms with van der Waals surface area (Å²) in [4.78, 5) is 87.5. The molecule has 0 saturated heterocycles. The van der Waals surface area contributed by atoms with E-state index in [1.807, 2.05) is 60.7 Å². The van der Waals surface area contributed by atoms with Crippen molar-refractivity contribution in [3.8, 4) is 11.3 Å². The molecule has 57 heavy (non-hydrogen) atoms. The second kappa shape index (κ2) is 18.5. The average molecular weight is 811 g/mol. The highest BCUT2D eigenvalue weighted by atomic mass is 35.5. The fraction of sp³-hybridized carbons (Fsp3) is 0.214. The van der Waals surface area contributed by atoms with Crippen LogP contribution >= 0.6 is 23.2 Å². The second-order valence-electron chi connectivity index (χ2n) is 13.2. The monoisotopic (exact) mass is 809 g/mol. The Kier molecular flexibility index (Phi) is 13.1. The number of halogens is 2. The zero-order valence-electron chi connectivity index (χ0n) is 30.4. The molecule has 1 unspecified atom stereocenters. The predicted octanol–water partition coefficient (Wildman–Crippen LogP) is 5.92. The Hall–Kier alpha value is -6.31. The van der Waals surface area contributed by atoms with Crippen molar-refractivity contribution < 1.29 is 38.3 Å². The van der Waals surface area contributed by atoms with Crippen molar-refractivity contribution in [2.75, 3.05) is 22.9 Å². The Morgan fingerprint density at radius 2 is 1.39 bits per heavy atom. The molecule has 4 aromatic carbocycles. The van der Waals surface area contributed by atoms with Gasteiger partial charge in [0, 0.05) is 12.8 Å². The summed E-state index contributed by atoms with van der Waals surface area (Å²) in [7, 11) is 0. The number of fused-ring (bicyclic) bond motifs is 1. The van der Waals surface area contributed by atoms with Gasteiger partial charge in [-0.3, -0.25) is 33.7 Å². The van der Waals surface area contributed by atoms with Crippen LogP contribution in [-0.2, 0) is 36.8 Å². The van der Waals surface area contributed by atoms with Crippen LogP contribution in [0, 0.1) is 0 Å². The van der Waals surface area contributed by atoms with Crippen LogP contribution in [0.15, 0.2) is 114 Å². The summed E-state index contributed by atoms with van der Waals surface area (Å²) in [6.45, 7) is -0.922. The summed E-state index contributed by atoms with van der Waals surface area (Å²) in [6, 6.07) is 27.1. The molecule has 0 bridgehead atoms. The number of aliphatic carboxylic acids is 1. The Morgan fingerprint density at radius 3 is 2.02 bits per heavy atom. The normalized spacial score (nSPS) is 14.3. The van der Waals surface area contributed by atoms with E-state index in [9.17, 15) is 33.9 Å². The van der Waals surface area contributed by atoms with Crippen molar-refractivity contribution >= 4 is 70.0 Å². The van der Waals surface area contributed by atoms with Crippen molar-refractivity contribution in [1.82, 2.24) is 15.6 Å². The van der Waals surface area contributed by atoms with E-state index in [1.165, 1.54) is 11.1 Å². The summed E-state index contributed by atoms with van der Waals surface area (Å²) in [5, 5.41) is 15.3. The number of benzene rings is 4. The molecule has 2 atom stereocenters. The highest BCUT2D eigenvalue weighted by Crippen LogP contribution is 2.36. The number of hydrogen-bond donors (Lipinski definition) is 3. The average Bonchev–Trinajstić information content (AvgIpc) is 3.65. The van der Waals surface area contributed by atoms with Gasteiger partial charge in [0.05, 0.1) is 46.1 Å². The van der Waals surface area contributed by atoms with Gasteiger partial charge in [0.2, 0.25) is 23.5 Å². The van der Waals surface area contributed by atoms with Crippen molar-refractivity contribution in [1.29, 1.82) is 0 Å². The molecule has 3 N–H and O–H groups in total. The van der Waals surface area contributed by atoms with Crippen molar-refractivity contribution in [2.45, 2.75) is 44.2 Å². The molecule has 2 heterocycles. The molecule has 1 aliphatic heterocycles. The molecular formula is C42H37Cl2N5O8. The number of amides is 4. The molecule has 1 aliphatic rings. The third kappa shape index (κ3) is 10.1. The minimum atomic E-state index is -1.66. The summed E-state index contributed by atoms with van der Waals surface area (Å²) < 4.78 is 5.63. The molecular weight excluding hydrogens is 773 g/mol. The summed E-state index contributed by atoms with van der Waals surface area (Å²) >= 11 is 12.6. The van der Waals surface area contributed by atoms with Crippen LogP contribution in [0.4, 0.5) is 11.4 Å². The van der Waals surface area contributed by atoms with Gasteiger partial charge in [-0.1, -0.05) is 102 Å². The molecule has 5 aromatic rings. The van der Waals surface area contributed by atoms with Gasteiger partial charge >= 0.3 is 5.97 Å². The number of anilines is 2. The number of nitrogens with zero attached hydrogens (tertiary/aromatic N) is 3. The number of ketones is 1. The van der Waals surface area contributed by atoms with Crippen molar-refractivity contribution in [3.05, 3.63) is 136 Å². The van der Waals surface area contributed by atoms with Gasteiger partial charge in [0.15, 0.2) is 5.76 Å². The first-order chi connectivity index (χ1) is 27.5. The lowest BCUT2D eigenvalue weighted by molar-refractivity contribution is -0.137. The number of carbonyl (C=O) groups is 6. The number of carboxylic acid groups (broad SMARTS) is 1. The Morgan fingerprint density at radius 1 is 0.789 bits per heavy atom. The fourth-order valence-corrected chi connectivity index (χ4v) is 7.03. The van der Waals surface area contributed by atoms with Crippen LogP contribution in [0.2, 0.25) is 10.0 Å². The van der Waals surface area contributed by atoms with E-state index in [-0.39, 0.29) is 52.3 Å². The Labute approximate surface area is 337 Å². The van der Waals surface area contributed by atoms with Gasteiger partial charge in [0.1, 0.15) is 18.6 Å². The molecule has 0 fully saturated rings. The molecule has 6 rings (SSSR count). The minimum absolute atomic E-state index is 0.0425. The van der Waals surface area contributed by atoms with Gasteiger partial charge in [-0.05, 0) is 48.2 Å². The number of aromatic nitrogens is 1. The van der Waals surface area contributed by atoms with E-state index in [2.05, 4.69) is 15.6 Å². The van der Waals surface area contributed by atoms with Crippen molar-refractivity contribution in [2.24, 2.45) is 0 Å². The van der Waals surface area contributed by atoms with Crippen LogP contribution in [0.3, 0.4) is 0 Å². The Balaban J connectivity index is 1.25. The number of para-hydroxylation sites is 2. The maximum Gasteiger partial charge on any atom is 0.305 e. The van der Waals surface area contributed by atoms with Crippen LogP contribution in [-0.4, -0.2) is 70.6 Å². The third-order valence-corrected chi connectivity index (χ3v) is 9.87. The minimum Gasteiger partial charge on any atom is -0.481 e. The van der Waals surface area contributed by atoms with Gasteiger partial charge in [-0.15, -0.1) is 0 Å². The number of carbonyl (C=O) groups excluding carboxylic acids is 5. The van der Waals surface area contributed by atoms with Gasteiger partial charge < -0.3 is 25.1 Å². The van der Waals surface area contributed by atoms with Crippen LogP contribution < -0.4 is 20.4 Å². The molecule has 292 valence electrons. The van der Waals surface area contributed by atoms with E-state index >= 15 is 0 Å². The molecule has 13 nitrogen and oxygen atoms in total. The lowest BCUT2D eigenvalue weighted by Crippen LogP contribution is -2.55. The summed E-state index contributed by atoms with van der Waals surface area (Å²) in [5.74, 6) is -5.19. The molecule has 1 aromatic heterocycles. The lowest BCUT2D eigenvalue weighted by atomic mass is 10.1. The first-order valence-corrected chi connectivity index (χ1v) is 18.8. The van der Waals surface area contributed by atoms with E-state index in [1.54, 1.807) is 42.5 Å². The zero-order valence-corrected chi connectivity index (χ0v) is 31.9. The number of nitrogens with one attached hydrogen (secondary N) is 2. The van der Waals surface area contributed by atoms with E-state index in [0.29, 0.717) is 18.5 Å². The second-order valence-corrected chi connectivity index (χ2v) is 14.0. The number of hydrogen-bond acceptors (Lipinski definition) is 8. The molecule has 0 aliphatic carbocycles. The van der Waals surface area contributed by atoms with Crippen LogP contribution in [0.1, 0.15) is 41.1 Å². The number of oxazole rings is 1. The molecule has 4 amide bonds. The fourth-order valence-electron chi connectivity index (χ4n) is 6.45. The highest BCUT2D eigenvalue weighted by Gasteiger charge is 2.38. The van der Waals surface area contributed by atoms with Crippen molar-refractivity contribution in [3.63, 3.8) is 0 Å². The quantitative estimate of drug-likeness (QED) is 0.108. The maximum atomic E-state index is 14.4. The molecule has 0 radical (unpaired) electrons. The number of Topliss-reactive ketones (excluding diaryl/α,β-unsaturated/α-hetero) is 1. The zero-order chi connectivity index (χ0) is 40.5. The number of rotatable bonds is 15. The summed E-state index contributed by atoms with van der Waals surface area (Å²) in [6.07, 6.45) is 1.32. The molecule has 0 spiro atoms. The summed E-state index contributed by atoms with van der Waals surface area (Å²) in [5.41, 5.74) is 2.64. The van der Waals surface area contributed by atoms with Crippen LogP contribution in [0.5, 0.6) is 0 Å². The number of carboxylic acids is 1. The first-order valence-electron chi connectivity index (χ1n) is 18.0. The SMILES string of the molecule is O=C(O)C[C@H](NC(=O)CN1C(=O)C(NC(=O)CCc2ccccc2)CN(C(=O)CCc2ccccc2)c2ccccc21)C(=O)c1ncc(-c2c(Cl)cccc2Cl)o1. The maximum absolute atomic E-state index is 14.4. The smallest absolute Gasteiger partial charge is 0.305 e. The highest BCUT2D eigenvalue weighted by molar-refractivity contribution is 6.39. The number of aryl methyl sites for hydroxylation is 2. The van der Waals surface area contributed by atoms with Gasteiger partial charge in [0.25, 0.3) is 11.8 Å².